The first-order valence-electron chi connectivity index (χ1n) is 11.0. The summed E-state index contributed by atoms with van der Waals surface area (Å²) >= 11 is 5.12. The van der Waals surface area contributed by atoms with Crippen molar-refractivity contribution in [2.24, 2.45) is 5.92 Å². The third-order valence-corrected chi connectivity index (χ3v) is 5.22. The molecule has 1 aliphatic carbocycles. The van der Waals surface area contributed by atoms with E-state index in [0.29, 0.717) is 29.2 Å². The molecular formula is C24H28N4O4S. The number of hydrogen-bond acceptors (Lipinski definition) is 5. The lowest BCUT2D eigenvalue weighted by Crippen LogP contribution is -2.48. The second-order valence-corrected chi connectivity index (χ2v) is 8.16. The molecule has 0 spiro atoms. The second-order valence-electron chi connectivity index (χ2n) is 7.75. The van der Waals surface area contributed by atoms with Gasteiger partial charge in [0.2, 0.25) is 5.91 Å². The number of anilines is 1. The summed E-state index contributed by atoms with van der Waals surface area (Å²) in [4.78, 5) is 36.7. The molecule has 1 fully saturated rings. The molecule has 2 aromatic rings. The Bertz CT molecular complexity index is 1010. The smallest absolute Gasteiger partial charge is 0.269 e. The number of thiocarbonyl (C=S) groups is 1. The van der Waals surface area contributed by atoms with E-state index in [1.807, 2.05) is 0 Å². The molecule has 33 heavy (non-hydrogen) atoms. The monoisotopic (exact) mass is 468 g/mol. The molecular weight excluding hydrogens is 440 g/mol. The first-order chi connectivity index (χ1) is 16.0. The Morgan fingerprint density at radius 3 is 2.39 bits per heavy atom. The molecule has 3 rings (SSSR count). The van der Waals surface area contributed by atoms with Crippen LogP contribution < -0.4 is 26.2 Å². The van der Waals surface area contributed by atoms with Crippen molar-refractivity contribution in [2.45, 2.75) is 39.0 Å². The summed E-state index contributed by atoms with van der Waals surface area (Å²) in [6.07, 6.45) is 4.89. The molecule has 4 N–H and O–H groups in total. The van der Waals surface area contributed by atoms with Crippen LogP contribution >= 0.6 is 12.2 Å². The Morgan fingerprint density at radius 2 is 1.70 bits per heavy atom. The van der Waals surface area contributed by atoms with Crippen LogP contribution in [0.5, 0.6) is 5.75 Å². The Kier molecular flexibility index (Phi) is 8.77. The summed E-state index contributed by atoms with van der Waals surface area (Å²) in [7, 11) is 0. The number of benzene rings is 2. The lowest BCUT2D eigenvalue weighted by Gasteiger charge is -2.13. The molecule has 3 amide bonds. The Balaban J connectivity index is 1.46. The molecule has 0 bridgehead atoms. The van der Waals surface area contributed by atoms with Crippen LogP contribution in [0.4, 0.5) is 5.69 Å². The highest BCUT2D eigenvalue weighted by molar-refractivity contribution is 7.80. The Labute approximate surface area is 198 Å². The summed E-state index contributed by atoms with van der Waals surface area (Å²) in [6.45, 7) is 2.64. The van der Waals surface area contributed by atoms with Crippen LogP contribution in [-0.4, -0.2) is 29.4 Å². The maximum atomic E-state index is 12.6. The van der Waals surface area contributed by atoms with Crippen molar-refractivity contribution in [3.05, 3.63) is 59.7 Å². The van der Waals surface area contributed by atoms with Crippen LogP contribution in [0.15, 0.2) is 48.5 Å². The van der Waals surface area contributed by atoms with E-state index in [0.717, 1.165) is 32.1 Å². The maximum Gasteiger partial charge on any atom is 0.269 e. The number of nitrogens with one attached hydrogen (secondary N) is 4. The van der Waals surface area contributed by atoms with Gasteiger partial charge in [0.25, 0.3) is 11.8 Å². The predicted octanol–water partition coefficient (Wildman–Crippen LogP) is 3.55. The summed E-state index contributed by atoms with van der Waals surface area (Å²) in [5.41, 5.74) is 6.32. The average molecular weight is 469 g/mol. The van der Waals surface area contributed by atoms with Gasteiger partial charge in [0.15, 0.2) is 5.11 Å². The van der Waals surface area contributed by atoms with Crippen LogP contribution in [-0.2, 0) is 4.79 Å². The van der Waals surface area contributed by atoms with E-state index in [-0.39, 0.29) is 16.9 Å². The number of carbonyl (C=O) groups is 3. The molecule has 1 saturated carbocycles. The van der Waals surface area contributed by atoms with Crippen molar-refractivity contribution < 1.29 is 19.1 Å². The molecule has 0 aliphatic heterocycles. The minimum atomic E-state index is -0.441. The molecule has 0 atom stereocenters. The van der Waals surface area contributed by atoms with Crippen LogP contribution in [0, 0.1) is 5.92 Å². The molecule has 0 unspecified atom stereocenters. The van der Waals surface area contributed by atoms with E-state index in [1.54, 1.807) is 48.5 Å². The number of hydrazine groups is 1. The van der Waals surface area contributed by atoms with Gasteiger partial charge < -0.3 is 10.1 Å². The fourth-order valence-corrected chi connectivity index (χ4v) is 3.14. The van der Waals surface area contributed by atoms with Crippen molar-refractivity contribution in [3.8, 4) is 5.75 Å². The first-order valence-corrected chi connectivity index (χ1v) is 11.4. The molecule has 0 radical (unpaired) electrons. The van der Waals surface area contributed by atoms with E-state index in [9.17, 15) is 14.4 Å². The van der Waals surface area contributed by atoms with Gasteiger partial charge in [-0.2, -0.15) is 0 Å². The number of para-hydroxylation sites is 1. The van der Waals surface area contributed by atoms with E-state index in [1.165, 1.54) is 0 Å². The van der Waals surface area contributed by atoms with Gasteiger partial charge in [-0.1, -0.05) is 31.9 Å². The zero-order valence-corrected chi connectivity index (χ0v) is 19.3. The summed E-state index contributed by atoms with van der Waals surface area (Å²) in [6, 6.07) is 13.4. The number of carbonyl (C=O) groups excluding carboxylic acids is 3. The molecule has 0 aromatic heterocycles. The van der Waals surface area contributed by atoms with E-state index >= 15 is 0 Å². The van der Waals surface area contributed by atoms with E-state index in [2.05, 4.69) is 28.4 Å². The van der Waals surface area contributed by atoms with E-state index < -0.39 is 11.8 Å². The summed E-state index contributed by atoms with van der Waals surface area (Å²) in [5, 5.41) is 5.29. The van der Waals surface area contributed by atoms with Crippen molar-refractivity contribution in [3.63, 3.8) is 0 Å². The topological polar surface area (TPSA) is 109 Å². The molecule has 0 heterocycles. The Hall–Kier alpha value is -3.46. The first kappa shape index (κ1) is 24.2. The third-order valence-electron chi connectivity index (χ3n) is 5.02. The lowest BCUT2D eigenvalue weighted by molar-refractivity contribution is -0.117. The zero-order chi connectivity index (χ0) is 23.6. The quantitative estimate of drug-likeness (QED) is 0.255. The number of rotatable bonds is 9. The highest BCUT2D eigenvalue weighted by Gasteiger charge is 2.29. The maximum absolute atomic E-state index is 12.6. The van der Waals surface area contributed by atoms with Gasteiger partial charge in [-0.05, 0) is 67.9 Å². The molecule has 1 aliphatic rings. The summed E-state index contributed by atoms with van der Waals surface area (Å²) < 4.78 is 5.73. The zero-order valence-electron chi connectivity index (χ0n) is 18.5. The van der Waals surface area contributed by atoms with E-state index in [4.69, 9.17) is 17.0 Å². The minimum Gasteiger partial charge on any atom is -0.493 e. The number of amides is 3. The van der Waals surface area contributed by atoms with Crippen molar-refractivity contribution in [1.82, 2.24) is 16.2 Å². The van der Waals surface area contributed by atoms with Gasteiger partial charge in [0.1, 0.15) is 5.75 Å². The van der Waals surface area contributed by atoms with Gasteiger partial charge in [-0.25, -0.2) is 0 Å². The van der Waals surface area contributed by atoms with Crippen LogP contribution in [0.2, 0.25) is 0 Å². The van der Waals surface area contributed by atoms with Crippen LogP contribution in [0.3, 0.4) is 0 Å². The number of unbranched alkanes of at least 4 members (excludes halogenated alkanes) is 2. The van der Waals surface area contributed by atoms with Crippen molar-refractivity contribution >= 4 is 40.7 Å². The van der Waals surface area contributed by atoms with Crippen LogP contribution in [0.1, 0.15) is 59.7 Å². The summed E-state index contributed by atoms with van der Waals surface area (Å²) in [5.74, 6) is -0.294. The SMILES string of the molecule is CCCCCOc1ccccc1C(=O)NC(=S)NNC(=O)c1ccc(NC(=O)C2CC2)cc1. The van der Waals surface area contributed by atoms with Crippen molar-refractivity contribution in [1.29, 1.82) is 0 Å². The van der Waals surface area contributed by atoms with Gasteiger partial charge in [-0.15, -0.1) is 0 Å². The van der Waals surface area contributed by atoms with Gasteiger partial charge in [-0.3, -0.25) is 30.6 Å². The molecule has 8 nitrogen and oxygen atoms in total. The highest BCUT2D eigenvalue weighted by atomic mass is 32.1. The second kappa shape index (κ2) is 12.0. The lowest BCUT2D eigenvalue weighted by atomic mass is 10.2. The largest absolute Gasteiger partial charge is 0.493 e. The normalized spacial score (nSPS) is 12.4. The fourth-order valence-electron chi connectivity index (χ4n) is 3.00. The van der Waals surface area contributed by atoms with Gasteiger partial charge in [0.05, 0.1) is 12.2 Å². The number of ether oxygens (including phenoxy) is 1. The van der Waals surface area contributed by atoms with Gasteiger partial charge in [0, 0.05) is 17.2 Å². The fraction of sp³-hybridized carbons (Fsp3) is 0.333. The van der Waals surface area contributed by atoms with Crippen molar-refractivity contribution in [2.75, 3.05) is 11.9 Å². The Morgan fingerprint density at radius 1 is 0.970 bits per heavy atom. The number of hydrogen-bond donors (Lipinski definition) is 4. The predicted molar refractivity (Wildman–Crippen MR) is 130 cm³/mol. The molecule has 174 valence electrons. The van der Waals surface area contributed by atoms with Crippen LogP contribution in [0.25, 0.3) is 0 Å². The standard InChI is InChI=1S/C24H28N4O4S/c1-2-3-6-15-32-20-8-5-4-7-19(20)23(31)26-24(33)28-27-22(30)17-11-13-18(14-12-17)25-21(29)16-9-10-16/h4-5,7-8,11-14,16H,2-3,6,9-10,15H2,1H3,(H,25,29)(H,27,30)(H2,26,28,31,33). The molecule has 9 heteroatoms. The van der Waals surface area contributed by atoms with Gasteiger partial charge >= 0.3 is 0 Å². The average Bonchev–Trinajstić information content (AvgIpc) is 3.67. The highest BCUT2D eigenvalue weighted by Crippen LogP contribution is 2.30. The third kappa shape index (κ3) is 7.57. The molecule has 0 saturated heterocycles. The molecule has 2 aromatic carbocycles. The minimum absolute atomic E-state index is 0.00268.